The minimum absolute atomic E-state index is 0.0163. The van der Waals surface area contributed by atoms with Gasteiger partial charge in [0.2, 0.25) is 0 Å². The van der Waals surface area contributed by atoms with E-state index in [-0.39, 0.29) is 6.61 Å². The Kier molecular flexibility index (Phi) is 2.82. The molecule has 2 rings (SSSR count). The number of aliphatic hydroxyl groups is 2. The van der Waals surface area contributed by atoms with Crippen molar-refractivity contribution in [2.75, 3.05) is 0 Å². The predicted octanol–water partition coefficient (Wildman–Crippen LogP) is 2.92. The maximum absolute atomic E-state index is 9.85. The average Bonchev–Trinajstić information content (AvgIpc) is 2.61. The van der Waals surface area contributed by atoms with Crippen molar-refractivity contribution in [2.45, 2.75) is 26.1 Å². The summed E-state index contributed by atoms with van der Waals surface area (Å²) in [7, 11) is 0. The molecule has 0 unspecified atom stereocenters. The molecular formula is C12H13BrO3. The summed E-state index contributed by atoms with van der Waals surface area (Å²) in [4.78, 5) is 0. The van der Waals surface area contributed by atoms with Crippen molar-refractivity contribution in [2.24, 2.45) is 0 Å². The molecule has 0 fully saturated rings. The Hall–Kier alpha value is -0.840. The van der Waals surface area contributed by atoms with Crippen LogP contribution in [0.5, 0.6) is 0 Å². The van der Waals surface area contributed by atoms with Crippen LogP contribution in [0, 0.1) is 0 Å². The van der Waals surface area contributed by atoms with Crippen molar-refractivity contribution in [3.05, 3.63) is 34.0 Å². The Labute approximate surface area is 102 Å². The largest absolute Gasteiger partial charge is 0.457 e. The zero-order valence-electron chi connectivity index (χ0n) is 9.12. The molecule has 2 N–H and O–H groups in total. The molecule has 0 aliphatic heterocycles. The molecule has 0 spiro atoms. The fourth-order valence-corrected chi connectivity index (χ4v) is 2.17. The normalized spacial score (nSPS) is 12.3. The highest BCUT2D eigenvalue weighted by atomic mass is 79.9. The first-order chi connectivity index (χ1) is 7.41. The molecule has 0 saturated carbocycles. The fraction of sp³-hybridized carbons (Fsp3) is 0.333. The molecule has 4 heteroatoms. The van der Waals surface area contributed by atoms with Crippen molar-refractivity contribution in [3.8, 4) is 0 Å². The van der Waals surface area contributed by atoms with Gasteiger partial charge in [-0.3, -0.25) is 0 Å². The zero-order chi connectivity index (χ0) is 11.9. The molecule has 3 nitrogen and oxygen atoms in total. The minimum atomic E-state index is -1.00. The highest BCUT2D eigenvalue weighted by Gasteiger charge is 2.21. The Balaban J connectivity index is 2.66. The Bertz CT molecular complexity index is 523. The highest BCUT2D eigenvalue weighted by Crippen LogP contribution is 2.32. The second kappa shape index (κ2) is 3.87. The molecule has 86 valence electrons. The summed E-state index contributed by atoms with van der Waals surface area (Å²) < 4.78 is 6.37. The van der Waals surface area contributed by atoms with Gasteiger partial charge in [-0.1, -0.05) is 0 Å². The van der Waals surface area contributed by atoms with Crippen molar-refractivity contribution in [3.63, 3.8) is 0 Å². The van der Waals surface area contributed by atoms with E-state index in [4.69, 9.17) is 9.52 Å². The van der Waals surface area contributed by atoms with Crippen LogP contribution in [0.4, 0.5) is 0 Å². The molecule has 0 amide bonds. The van der Waals surface area contributed by atoms with E-state index in [9.17, 15) is 5.11 Å². The maximum atomic E-state index is 9.85. The molecule has 1 aromatic carbocycles. The highest BCUT2D eigenvalue weighted by molar-refractivity contribution is 9.10. The van der Waals surface area contributed by atoms with Gasteiger partial charge in [0.1, 0.15) is 16.9 Å². The zero-order valence-corrected chi connectivity index (χ0v) is 10.7. The smallest absolute Gasteiger partial charge is 0.148 e. The molecule has 0 saturated heterocycles. The summed E-state index contributed by atoms with van der Waals surface area (Å²) in [6.45, 7) is 3.33. The third-order valence-electron chi connectivity index (χ3n) is 2.42. The first kappa shape index (κ1) is 11.6. The third kappa shape index (κ3) is 2.00. The molecule has 1 heterocycles. The van der Waals surface area contributed by atoms with Crippen molar-refractivity contribution in [1.29, 1.82) is 0 Å². The molecule has 0 aliphatic carbocycles. The van der Waals surface area contributed by atoms with E-state index >= 15 is 0 Å². The van der Waals surface area contributed by atoms with Crippen LogP contribution in [-0.2, 0) is 12.2 Å². The number of hydrogen-bond acceptors (Lipinski definition) is 3. The number of halogens is 1. The molecule has 1 aromatic heterocycles. The second-order valence-corrected chi connectivity index (χ2v) is 5.18. The molecular weight excluding hydrogens is 272 g/mol. The third-order valence-corrected chi connectivity index (χ3v) is 3.01. The van der Waals surface area contributed by atoms with Crippen molar-refractivity contribution >= 4 is 26.9 Å². The lowest BCUT2D eigenvalue weighted by Gasteiger charge is -2.12. The molecule has 0 bridgehead atoms. The van der Waals surface area contributed by atoms with Crippen LogP contribution in [-0.4, -0.2) is 10.2 Å². The number of fused-ring (bicyclic) bond motifs is 1. The van der Waals surface area contributed by atoms with Crippen LogP contribution in [0.25, 0.3) is 11.0 Å². The van der Waals surface area contributed by atoms with Gasteiger partial charge < -0.3 is 14.6 Å². The summed E-state index contributed by atoms with van der Waals surface area (Å²) in [5.74, 6) is 0.512. The van der Waals surface area contributed by atoms with Crippen LogP contribution >= 0.6 is 15.9 Å². The molecule has 0 atom stereocenters. The van der Waals surface area contributed by atoms with Crippen LogP contribution in [0.3, 0.4) is 0 Å². The first-order valence-electron chi connectivity index (χ1n) is 4.97. The number of aliphatic hydroxyl groups excluding tert-OH is 1. The summed E-state index contributed by atoms with van der Waals surface area (Å²) in [6, 6.07) is 5.44. The average molecular weight is 285 g/mol. The summed E-state index contributed by atoms with van der Waals surface area (Å²) >= 11 is 3.38. The van der Waals surface area contributed by atoms with Gasteiger partial charge in [0.05, 0.1) is 11.1 Å². The van der Waals surface area contributed by atoms with Gasteiger partial charge in [-0.15, -0.1) is 0 Å². The van der Waals surface area contributed by atoms with Gasteiger partial charge in [-0.05, 0) is 53.5 Å². The van der Waals surface area contributed by atoms with Gasteiger partial charge in [0.15, 0.2) is 0 Å². The standard InChI is InChI=1S/C12H13BrO3/c1-12(2,15)10-5-8-3-7(6-14)4-9(13)11(8)16-10/h3-5,14-15H,6H2,1-2H3. The van der Waals surface area contributed by atoms with Gasteiger partial charge in [0, 0.05) is 5.39 Å². The number of furan rings is 1. The maximum Gasteiger partial charge on any atom is 0.148 e. The van der Waals surface area contributed by atoms with Crippen LogP contribution in [0.1, 0.15) is 25.2 Å². The Morgan fingerprint density at radius 3 is 2.56 bits per heavy atom. The number of benzene rings is 1. The van der Waals surface area contributed by atoms with E-state index in [2.05, 4.69) is 15.9 Å². The first-order valence-corrected chi connectivity index (χ1v) is 5.77. The Morgan fingerprint density at radius 1 is 1.31 bits per heavy atom. The van der Waals surface area contributed by atoms with Gasteiger partial charge >= 0.3 is 0 Å². The number of rotatable bonds is 2. The van der Waals surface area contributed by atoms with Crippen LogP contribution in [0.2, 0.25) is 0 Å². The quantitative estimate of drug-likeness (QED) is 0.892. The fourth-order valence-electron chi connectivity index (χ4n) is 1.56. The van der Waals surface area contributed by atoms with E-state index in [0.29, 0.717) is 11.3 Å². The van der Waals surface area contributed by atoms with Crippen molar-refractivity contribution in [1.82, 2.24) is 0 Å². The van der Waals surface area contributed by atoms with E-state index in [0.717, 1.165) is 15.4 Å². The van der Waals surface area contributed by atoms with Gasteiger partial charge in [-0.2, -0.15) is 0 Å². The number of hydrogen-bond donors (Lipinski definition) is 2. The van der Waals surface area contributed by atoms with Gasteiger partial charge in [-0.25, -0.2) is 0 Å². The van der Waals surface area contributed by atoms with Gasteiger partial charge in [0.25, 0.3) is 0 Å². The topological polar surface area (TPSA) is 53.6 Å². The second-order valence-electron chi connectivity index (χ2n) is 4.32. The van der Waals surface area contributed by atoms with E-state index < -0.39 is 5.60 Å². The molecule has 0 radical (unpaired) electrons. The van der Waals surface area contributed by atoms with E-state index in [1.54, 1.807) is 26.0 Å². The van der Waals surface area contributed by atoms with Crippen LogP contribution < -0.4 is 0 Å². The SMILES string of the molecule is CC(C)(O)c1cc2cc(CO)cc(Br)c2o1. The lowest BCUT2D eigenvalue weighted by atomic mass is 10.1. The molecule has 16 heavy (non-hydrogen) atoms. The summed E-state index contributed by atoms with van der Waals surface area (Å²) in [5, 5.41) is 19.8. The lowest BCUT2D eigenvalue weighted by molar-refractivity contribution is 0.0558. The Morgan fingerprint density at radius 2 is 2.00 bits per heavy atom. The van der Waals surface area contributed by atoms with E-state index in [1.807, 2.05) is 6.07 Å². The van der Waals surface area contributed by atoms with E-state index in [1.165, 1.54) is 0 Å². The monoisotopic (exact) mass is 284 g/mol. The molecule has 2 aromatic rings. The lowest BCUT2D eigenvalue weighted by Crippen LogP contribution is -2.13. The summed E-state index contributed by atoms with van der Waals surface area (Å²) in [6.07, 6.45) is 0. The predicted molar refractivity (Wildman–Crippen MR) is 65.1 cm³/mol. The minimum Gasteiger partial charge on any atom is -0.457 e. The summed E-state index contributed by atoms with van der Waals surface area (Å²) in [5.41, 5.74) is 0.495. The molecule has 0 aliphatic rings. The van der Waals surface area contributed by atoms with Crippen molar-refractivity contribution < 1.29 is 14.6 Å². The van der Waals surface area contributed by atoms with Crippen LogP contribution in [0.15, 0.2) is 27.1 Å².